The van der Waals surface area contributed by atoms with E-state index in [9.17, 15) is 18.0 Å². The van der Waals surface area contributed by atoms with E-state index in [1.165, 1.54) is 35.4 Å². The van der Waals surface area contributed by atoms with E-state index < -0.39 is 18.7 Å². The number of aromatic nitrogens is 3. The number of pyridine rings is 1. The second kappa shape index (κ2) is 8.47. The summed E-state index contributed by atoms with van der Waals surface area (Å²) < 4.78 is 48.1. The Hall–Kier alpha value is -3.15. The first-order chi connectivity index (χ1) is 13.8. The second-order valence-electron chi connectivity index (χ2n) is 6.41. The van der Waals surface area contributed by atoms with Gasteiger partial charge in [-0.1, -0.05) is 0 Å². The molecule has 156 valence electrons. The molecule has 2 aromatic rings. The van der Waals surface area contributed by atoms with Crippen LogP contribution in [0, 0.1) is 11.3 Å². The largest absolute Gasteiger partial charge is 0.468 e. The number of carbonyl (C=O) groups is 1. The zero-order chi connectivity index (χ0) is 21.0. The van der Waals surface area contributed by atoms with Crippen LogP contribution in [0.2, 0.25) is 0 Å². The number of primary amides is 1. The zero-order valence-electron chi connectivity index (χ0n) is 15.1. The van der Waals surface area contributed by atoms with Gasteiger partial charge < -0.3 is 25.9 Å². The molecule has 0 unspecified atom stereocenters. The zero-order valence-corrected chi connectivity index (χ0v) is 15.1. The van der Waals surface area contributed by atoms with Crippen molar-refractivity contribution in [1.29, 1.82) is 5.41 Å². The summed E-state index contributed by atoms with van der Waals surface area (Å²) in [5, 5.41) is 14.8. The number of nitrogens with zero attached hydrogens (tertiary/aromatic N) is 3. The highest BCUT2D eigenvalue weighted by Crippen LogP contribution is 2.28. The number of ether oxygens (including phenoxy) is 2. The highest BCUT2D eigenvalue weighted by atomic mass is 19.4. The molecule has 0 saturated carbocycles. The highest BCUT2D eigenvalue weighted by Gasteiger charge is 2.29. The molecule has 1 aliphatic heterocycles. The Labute approximate surface area is 163 Å². The van der Waals surface area contributed by atoms with Crippen LogP contribution in [-0.4, -0.2) is 52.9 Å². The lowest BCUT2D eigenvalue weighted by Gasteiger charge is -2.28. The molecular weight excluding hydrogens is 393 g/mol. The van der Waals surface area contributed by atoms with Gasteiger partial charge in [0.2, 0.25) is 5.88 Å². The molecule has 1 amide bonds. The number of hydrogen-bond donors (Lipinski definition) is 3. The molecule has 0 radical (unpaired) electrons. The molecular formula is C17H19F3N6O3. The number of carbonyl (C=O) groups excluding carboxylic acids is 1. The molecule has 9 nitrogen and oxygen atoms in total. The molecule has 0 aromatic carbocycles. The van der Waals surface area contributed by atoms with Crippen molar-refractivity contribution in [3.63, 3.8) is 0 Å². The van der Waals surface area contributed by atoms with E-state index in [0.717, 1.165) is 0 Å². The predicted molar refractivity (Wildman–Crippen MR) is 96.6 cm³/mol. The minimum Gasteiger partial charge on any atom is -0.468 e. The van der Waals surface area contributed by atoms with E-state index >= 15 is 0 Å². The number of halogens is 3. The summed E-state index contributed by atoms with van der Waals surface area (Å²) in [7, 11) is 0. The third kappa shape index (κ3) is 5.22. The van der Waals surface area contributed by atoms with Gasteiger partial charge in [-0.05, 0) is 12.5 Å². The van der Waals surface area contributed by atoms with Crippen LogP contribution in [0.25, 0.3) is 0 Å². The van der Waals surface area contributed by atoms with Crippen LogP contribution in [0.3, 0.4) is 0 Å². The Morgan fingerprint density at radius 2 is 2.28 bits per heavy atom. The minimum absolute atomic E-state index is 0.0936. The van der Waals surface area contributed by atoms with Crippen molar-refractivity contribution in [2.45, 2.75) is 18.6 Å². The molecule has 1 aliphatic rings. The number of nitrogens with one attached hydrogen (secondary N) is 2. The van der Waals surface area contributed by atoms with Gasteiger partial charge in [-0.15, -0.1) is 0 Å². The number of nitrogens with two attached hydrogens (primary N) is 1. The summed E-state index contributed by atoms with van der Waals surface area (Å²) in [5.74, 6) is -0.830. The topological polar surface area (TPSA) is 128 Å². The third-order valence-corrected chi connectivity index (χ3v) is 4.31. The van der Waals surface area contributed by atoms with Crippen molar-refractivity contribution in [2.24, 2.45) is 11.7 Å². The SMILES string of the molecule is N=C[C@H]1CCOC[C@@H]1n1cc(C(N)=O)c(Nc2ccc(OCC(F)(F)F)nc2)n1. The van der Waals surface area contributed by atoms with Crippen LogP contribution in [0.4, 0.5) is 24.7 Å². The van der Waals surface area contributed by atoms with Gasteiger partial charge in [0.1, 0.15) is 5.56 Å². The van der Waals surface area contributed by atoms with Crippen LogP contribution in [-0.2, 0) is 4.74 Å². The Bertz CT molecular complexity index is 868. The maximum Gasteiger partial charge on any atom is 0.422 e. The van der Waals surface area contributed by atoms with Gasteiger partial charge in [-0.3, -0.25) is 9.48 Å². The van der Waals surface area contributed by atoms with Gasteiger partial charge in [-0.25, -0.2) is 4.98 Å². The van der Waals surface area contributed by atoms with Gasteiger partial charge in [0.15, 0.2) is 12.4 Å². The molecule has 2 atom stereocenters. The summed E-state index contributed by atoms with van der Waals surface area (Å²) >= 11 is 0. The monoisotopic (exact) mass is 412 g/mol. The first-order valence-corrected chi connectivity index (χ1v) is 8.67. The summed E-state index contributed by atoms with van der Waals surface area (Å²) in [5.41, 5.74) is 5.93. The number of anilines is 2. The van der Waals surface area contributed by atoms with Crippen LogP contribution in [0.5, 0.6) is 5.88 Å². The Kier molecular flexibility index (Phi) is 6.01. The van der Waals surface area contributed by atoms with Crippen LogP contribution in [0.1, 0.15) is 22.8 Å². The van der Waals surface area contributed by atoms with Gasteiger partial charge in [-0.2, -0.15) is 18.3 Å². The average molecular weight is 412 g/mol. The Balaban J connectivity index is 1.77. The Morgan fingerprint density at radius 1 is 1.48 bits per heavy atom. The third-order valence-electron chi connectivity index (χ3n) is 4.31. The number of rotatable bonds is 7. The molecule has 4 N–H and O–H groups in total. The molecule has 3 heterocycles. The van der Waals surface area contributed by atoms with Crippen molar-refractivity contribution in [3.05, 3.63) is 30.1 Å². The molecule has 1 fully saturated rings. The van der Waals surface area contributed by atoms with Crippen molar-refractivity contribution < 1.29 is 27.4 Å². The van der Waals surface area contributed by atoms with Gasteiger partial charge >= 0.3 is 6.18 Å². The average Bonchev–Trinajstić information content (AvgIpc) is 3.10. The highest BCUT2D eigenvalue weighted by molar-refractivity contribution is 5.98. The standard InChI is InChI=1S/C17H19F3N6O3/c18-17(19,20)9-29-14-2-1-11(6-23-14)24-16-12(15(22)27)7-26(25-16)13-8-28-4-3-10(13)5-21/h1-2,5-7,10,13,21H,3-4,8-9H2,(H2,22,27)(H,24,25)/t10-,13+/m1/s1. The fourth-order valence-electron chi connectivity index (χ4n) is 2.87. The summed E-state index contributed by atoms with van der Waals surface area (Å²) in [6, 6.07) is 2.44. The minimum atomic E-state index is -4.46. The molecule has 2 aromatic heterocycles. The molecule has 29 heavy (non-hydrogen) atoms. The summed E-state index contributed by atoms with van der Waals surface area (Å²) in [6.07, 6.45) is 0.259. The Morgan fingerprint density at radius 3 is 2.90 bits per heavy atom. The van der Waals surface area contributed by atoms with Crippen molar-refractivity contribution in [1.82, 2.24) is 14.8 Å². The lowest BCUT2D eigenvalue weighted by atomic mass is 9.96. The number of alkyl halides is 3. The fourth-order valence-corrected chi connectivity index (χ4v) is 2.87. The van der Waals surface area contributed by atoms with Crippen molar-refractivity contribution in [3.8, 4) is 5.88 Å². The molecule has 0 aliphatic carbocycles. The van der Waals surface area contributed by atoms with Gasteiger partial charge in [0.25, 0.3) is 5.91 Å². The summed E-state index contributed by atoms with van der Waals surface area (Å²) in [4.78, 5) is 15.6. The summed E-state index contributed by atoms with van der Waals surface area (Å²) in [6.45, 7) is -0.563. The number of hydrogen-bond acceptors (Lipinski definition) is 7. The van der Waals surface area contributed by atoms with E-state index in [1.807, 2.05) is 0 Å². The van der Waals surface area contributed by atoms with Gasteiger partial charge in [0.05, 0.1) is 24.5 Å². The first-order valence-electron chi connectivity index (χ1n) is 8.67. The molecule has 3 rings (SSSR count). The maximum absolute atomic E-state index is 12.2. The molecule has 0 bridgehead atoms. The fraction of sp³-hybridized carbons (Fsp3) is 0.412. The quantitative estimate of drug-likeness (QED) is 0.599. The molecule has 0 spiro atoms. The van der Waals surface area contributed by atoms with Crippen LogP contribution in [0.15, 0.2) is 24.5 Å². The van der Waals surface area contributed by atoms with E-state index in [-0.39, 0.29) is 29.2 Å². The van der Waals surface area contributed by atoms with Crippen molar-refractivity contribution >= 4 is 23.6 Å². The van der Waals surface area contributed by atoms with E-state index in [2.05, 4.69) is 20.1 Å². The van der Waals surface area contributed by atoms with Gasteiger partial charge in [0, 0.05) is 31.0 Å². The smallest absolute Gasteiger partial charge is 0.422 e. The first kappa shape index (κ1) is 20.6. The van der Waals surface area contributed by atoms with E-state index in [1.54, 1.807) is 0 Å². The number of amides is 1. The van der Waals surface area contributed by atoms with E-state index in [4.69, 9.17) is 15.9 Å². The second-order valence-corrected chi connectivity index (χ2v) is 6.41. The molecule has 1 saturated heterocycles. The van der Waals surface area contributed by atoms with Crippen molar-refractivity contribution in [2.75, 3.05) is 25.1 Å². The molecule has 12 heteroatoms. The van der Waals surface area contributed by atoms with Crippen LogP contribution >= 0.6 is 0 Å². The normalized spacial score (nSPS) is 19.6. The van der Waals surface area contributed by atoms with Crippen LogP contribution < -0.4 is 15.8 Å². The lowest BCUT2D eigenvalue weighted by Crippen LogP contribution is -2.31. The predicted octanol–water partition coefficient (Wildman–Crippen LogP) is 2.29. The van der Waals surface area contributed by atoms with E-state index in [0.29, 0.717) is 25.3 Å². The lowest BCUT2D eigenvalue weighted by molar-refractivity contribution is -0.154. The maximum atomic E-state index is 12.2.